The lowest BCUT2D eigenvalue weighted by Crippen LogP contribution is -2.47. The van der Waals surface area contributed by atoms with E-state index in [1.165, 1.54) is 31.2 Å². The third-order valence-electron chi connectivity index (χ3n) is 7.81. The van der Waals surface area contributed by atoms with Gasteiger partial charge in [0.15, 0.2) is 0 Å². The molecule has 1 aromatic rings. The zero-order valence-electron chi connectivity index (χ0n) is 17.2. The molecule has 1 amide bonds. The molecular weight excluding hydrogens is 336 g/mol. The first-order valence-corrected chi connectivity index (χ1v) is 10.5. The van der Waals surface area contributed by atoms with Crippen molar-refractivity contribution in [3.8, 4) is 0 Å². The second-order valence-electron chi connectivity index (χ2n) is 9.42. The number of methoxy groups -OCH3 is 1. The Morgan fingerprint density at radius 2 is 1.70 bits per heavy atom. The Balaban J connectivity index is 1.42. The Bertz CT molecular complexity index is 673. The van der Waals surface area contributed by atoms with Gasteiger partial charge in [0.1, 0.15) is 0 Å². The Kier molecular flexibility index (Phi) is 4.84. The summed E-state index contributed by atoms with van der Waals surface area (Å²) in [5.74, 6) is 0.304. The molecule has 0 bridgehead atoms. The lowest BCUT2D eigenvalue weighted by molar-refractivity contribution is -0.134. The van der Waals surface area contributed by atoms with Crippen molar-refractivity contribution >= 4 is 5.91 Å². The van der Waals surface area contributed by atoms with Gasteiger partial charge in [0.25, 0.3) is 0 Å². The fourth-order valence-electron chi connectivity index (χ4n) is 5.47. The van der Waals surface area contributed by atoms with Crippen LogP contribution in [0.15, 0.2) is 30.3 Å². The van der Waals surface area contributed by atoms with Gasteiger partial charge < -0.3 is 9.64 Å². The summed E-state index contributed by atoms with van der Waals surface area (Å²) >= 11 is 0. The number of benzene rings is 1. The maximum absolute atomic E-state index is 12.8. The zero-order chi connectivity index (χ0) is 19.1. The lowest BCUT2D eigenvalue weighted by atomic mass is 9.64. The molecule has 0 aromatic heterocycles. The van der Waals surface area contributed by atoms with Crippen molar-refractivity contribution in [2.45, 2.75) is 62.5 Å². The Morgan fingerprint density at radius 3 is 2.26 bits per heavy atom. The SMILES string of the molecule is COC1(CC(=O)N2CCC3(CCC(c4ccccc4)(N(C)C)CC3)C2)CC1. The molecule has 0 radical (unpaired) electrons. The molecule has 0 unspecified atom stereocenters. The molecule has 2 aliphatic carbocycles. The van der Waals surface area contributed by atoms with E-state index in [0.717, 1.165) is 32.4 Å². The highest BCUT2D eigenvalue weighted by Gasteiger charge is 2.50. The molecule has 1 heterocycles. The Morgan fingerprint density at radius 1 is 1.04 bits per heavy atom. The van der Waals surface area contributed by atoms with Gasteiger partial charge in [-0.3, -0.25) is 9.69 Å². The minimum absolute atomic E-state index is 0.132. The van der Waals surface area contributed by atoms with Crippen molar-refractivity contribution in [3.05, 3.63) is 35.9 Å². The van der Waals surface area contributed by atoms with Crippen LogP contribution in [0.25, 0.3) is 0 Å². The van der Waals surface area contributed by atoms with E-state index in [2.05, 4.69) is 54.2 Å². The summed E-state index contributed by atoms with van der Waals surface area (Å²) in [5, 5.41) is 0. The van der Waals surface area contributed by atoms with Gasteiger partial charge in [-0.2, -0.15) is 0 Å². The van der Waals surface area contributed by atoms with Crippen molar-refractivity contribution in [2.24, 2.45) is 5.41 Å². The average Bonchev–Trinajstić information content (AvgIpc) is 3.34. The topological polar surface area (TPSA) is 32.8 Å². The van der Waals surface area contributed by atoms with E-state index in [1.807, 2.05) is 0 Å². The number of rotatable bonds is 5. The van der Waals surface area contributed by atoms with E-state index in [0.29, 0.717) is 17.7 Å². The Labute approximate surface area is 163 Å². The van der Waals surface area contributed by atoms with Crippen LogP contribution < -0.4 is 0 Å². The quantitative estimate of drug-likeness (QED) is 0.790. The van der Waals surface area contributed by atoms with Gasteiger partial charge in [0.05, 0.1) is 12.0 Å². The normalized spacial score (nSPS) is 32.2. The van der Waals surface area contributed by atoms with Crippen molar-refractivity contribution in [3.63, 3.8) is 0 Å². The molecule has 4 rings (SSSR count). The molecule has 1 aromatic carbocycles. The van der Waals surface area contributed by atoms with Crippen LogP contribution >= 0.6 is 0 Å². The van der Waals surface area contributed by atoms with E-state index >= 15 is 0 Å². The highest BCUT2D eigenvalue weighted by molar-refractivity contribution is 5.78. The maximum atomic E-state index is 12.8. The van der Waals surface area contributed by atoms with Gasteiger partial charge >= 0.3 is 0 Å². The maximum Gasteiger partial charge on any atom is 0.225 e. The molecular formula is C23H34N2O2. The summed E-state index contributed by atoms with van der Waals surface area (Å²) in [4.78, 5) is 17.3. The van der Waals surface area contributed by atoms with Crippen LogP contribution in [0.2, 0.25) is 0 Å². The average molecular weight is 371 g/mol. The van der Waals surface area contributed by atoms with Crippen LogP contribution in [0.3, 0.4) is 0 Å². The highest BCUT2D eigenvalue weighted by Crippen LogP contribution is 2.52. The van der Waals surface area contributed by atoms with Crippen molar-refractivity contribution in [1.29, 1.82) is 0 Å². The summed E-state index contributed by atoms with van der Waals surface area (Å²) in [6.45, 7) is 1.88. The Hall–Kier alpha value is -1.39. The first kappa shape index (κ1) is 18.9. The number of carbonyl (C=O) groups is 1. The summed E-state index contributed by atoms with van der Waals surface area (Å²) in [5.41, 5.74) is 1.77. The molecule has 4 nitrogen and oxygen atoms in total. The van der Waals surface area contributed by atoms with Crippen LogP contribution in [-0.4, -0.2) is 55.6 Å². The first-order valence-electron chi connectivity index (χ1n) is 10.5. The largest absolute Gasteiger partial charge is 0.378 e. The minimum atomic E-state index is -0.132. The molecule has 1 spiro atoms. The van der Waals surface area contributed by atoms with E-state index < -0.39 is 0 Å². The number of hydrogen-bond acceptors (Lipinski definition) is 3. The summed E-state index contributed by atoms with van der Waals surface area (Å²) in [7, 11) is 6.18. The number of hydrogen-bond donors (Lipinski definition) is 0. The molecule has 0 atom stereocenters. The van der Waals surface area contributed by atoms with Crippen LogP contribution in [0, 0.1) is 5.41 Å². The number of ether oxygens (including phenoxy) is 1. The molecule has 1 saturated heterocycles. The van der Waals surface area contributed by atoms with E-state index in [9.17, 15) is 4.79 Å². The zero-order valence-corrected chi connectivity index (χ0v) is 17.2. The fourth-order valence-corrected chi connectivity index (χ4v) is 5.47. The van der Waals surface area contributed by atoms with Crippen LogP contribution in [0.4, 0.5) is 0 Å². The standard InChI is InChI=1S/C23H34N2O2/c1-24(2)23(19-7-5-4-6-8-19)13-9-21(10-14-23)15-16-25(18-21)20(26)17-22(27-3)11-12-22/h4-8H,9-18H2,1-3H3. The van der Waals surface area contributed by atoms with Gasteiger partial charge in [-0.15, -0.1) is 0 Å². The second kappa shape index (κ2) is 6.89. The number of nitrogens with zero attached hydrogens (tertiary/aromatic N) is 2. The van der Waals surface area contributed by atoms with Gasteiger partial charge in [0.2, 0.25) is 5.91 Å². The van der Waals surface area contributed by atoms with Crippen molar-refractivity contribution in [2.75, 3.05) is 34.3 Å². The van der Waals surface area contributed by atoms with Crippen LogP contribution in [-0.2, 0) is 15.1 Å². The molecule has 3 fully saturated rings. The summed E-state index contributed by atoms with van der Waals surface area (Å²) in [6.07, 6.45) is 8.58. The van der Waals surface area contributed by atoms with E-state index in [1.54, 1.807) is 7.11 Å². The van der Waals surface area contributed by atoms with E-state index in [4.69, 9.17) is 4.74 Å². The molecule has 3 aliphatic rings. The van der Waals surface area contributed by atoms with Gasteiger partial charge in [0, 0.05) is 25.7 Å². The minimum Gasteiger partial charge on any atom is -0.378 e. The molecule has 4 heteroatoms. The fraction of sp³-hybridized carbons (Fsp3) is 0.696. The third-order valence-corrected chi connectivity index (χ3v) is 7.81. The van der Waals surface area contributed by atoms with Crippen LogP contribution in [0.5, 0.6) is 0 Å². The third kappa shape index (κ3) is 3.42. The predicted octanol–water partition coefficient (Wildman–Crippen LogP) is 3.81. The van der Waals surface area contributed by atoms with E-state index in [-0.39, 0.29) is 11.1 Å². The van der Waals surface area contributed by atoms with Crippen molar-refractivity contribution < 1.29 is 9.53 Å². The summed E-state index contributed by atoms with van der Waals surface area (Å²) in [6, 6.07) is 11.0. The van der Waals surface area contributed by atoms with Gasteiger partial charge in [-0.05, 0) is 70.0 Å². The number of amides is 1. The lowest BCUT2D eigenvalue weighted by Gasteiger charge is -2.49. The van der Waals surface area contributed by atoms with Gasteiger partial charge in [-0.25, -0.2) is 0 Å². The molecule has 27 heavy (non-hydrogen) atoms. The molecule has 0 N–H and O–H groups in total. The number of likely N-dealkylation sites (tertiary alicyclic amines) is 1. The molecule has 1 aliphatic heterocycles. The monoisotopic (exact) mass is 370 g/mol. The molecule has 148 valence electrons. The highest BCUT2D eigenvalue weighted by atomic mass is 16.5. The first-order chi connectivity index (χ1) is 12.9. The predicted molar refractivity (Wildman–Crippen MR) is 107 cm³/mol. The summed E-state index contributed by atoms with van der Waals surface area (Å²) < 4.78 is 5.57. The van der Waals surface area contributed by atoms with Gasteiger partial charge in [-0.1, -0.05) is 30.3 Å². The number of carbonyl (C=O) groups excluding carboxylic acids is 1. The second-order valence-corrected chi connectivity index (χ2v) is 9.42. The molecule has 2 saturated carbocycles. The smallest absolute Gasteiger partial charge is 0.225 e. The van der Waals surface area contributed by atoms with Crippen LogP contribution in [0.1, 0.15) is 56.9 Å². The van der Waals surface area contributed by atoms with Crippen molar-refractivity contribution in [1.82, 2.24) is 9.80 Å².